The van der Waals surface area contributed by atoms with Gasteiger partial charge in [0, 0.05) is 29.7 Å². The van der Waals surface area contributed by atoms with E-state index in [0.717, 1.165) is 24.3 Å². The Kier molecular flexibility index (Phi) is 3.95. The maximum absolute atomic E-state index is 12.3. The van der Waals surface area contributed by atoms with Crippen LogP contribution in [0.2, 0.25) is 0 Å². The molecule has 1 aliphatic carbocycles. The smallest absolute Gasteiger partial charge is 0.271 e. The summed E-state index contributed by atoms with van der Waals surface area (Å²) in [6, 6.07) is 0. The fourth-order valence-corrected chi connectivity index (χ4v) is 4.69. The fourth-order valence-electron chi connectivity index (χ4n) is 2.14. The zero-order chi connectivity index (χ0) is 14.4. The van der Waals surface area contributed by atoms with Crippen LogP contribution in [0.5, 0.6) is 0 Å². The minimum Gasteiger partial charge on any atom is -0.341 e. The van der Waals surface area contributed by atoms with Gasteiger partial charge in [0.25, 0.3) is 15.0 Å². The van der Waals surface area contributed by atoms with Crippen LogP contribution < -0.4 is 0 Å². The van der Waals surface area contributed by atoms with Crippen LogP contribution in [0.1, 0.15) is 29.3 Å². The van der Waals surface area contributed by atoms with E-state index in [4.69, 9.17) is 10.7 Å². The highest BCUT2D eigenvalue weighted by atomic mass is 35.7. The Hall–Kier alpha value is -0.590. The van der Waals surface area contributed by atoms with Crippen LogP contribution in [0.25, 0.3) is 0 Å². The van der Waals surface area contributed by atoms with Crippen molar-refractivity contribution in [1.29, 1.82) is 0 Å². The first-order valence-corrected chi connectivity index (χ1v) is 9.19. The van der Waals surface area contributed by atoms with Crippen molar-refractivity contribution in [2.24, 2.45) is 11.8 Å². The van der Waals surface area contributed by atoms with E-state index in [1.54, 1.807) is 24.3 Å². The van der Waals surface area contributed by atoms with E-state index in [1.807, 2.05) is 0 Å². The number of rotatable bonds is 4. The molecule has 7 heteroatoms. The van der Waals surface area contributed by atoms with Crippen molar-refractivity contribution in [3.8, 4) is 0 Å². The topological polar surface area (TPSA) is 54.5 Å². The maximum Gasteiger partial charge on any atom is 0.271 e. The highest BCUT2D eigenvalue weighted by Crippen LogP contribution is 2.38. The molecule has 4 nitrogen and oxygen atoms in total. The van der Waals surface area contributed by atoms with E-state index in [9.17, 15) is 13.2 Å². The van der Waals surface area contributed by atoms with Crippen LogP contribution in [0.15, 0.2) is 9.59 Å². The second kappa shape index (κ2) is 5.07. The molecule has 1 saturated carbocycles. The van der Waals surface area contributed by atoms with Crippen molar-refractivity contribution in [3.63, 3.8) is 0 Å². The van der Waals surface area contributed by atoms with Crippen molar-refractivity contribution >= 4 is 37.0 Å². The van der Waals surface area contributed by atoms with Gasteiger partial charge in [-0.15, -0.1) is 11.3 Å². The predicted molar refractivity (Wildman–Crippen MR) is 76.3 cm³/mol. The highest BCUT2D eigenvalue weighted by molar-refractivity contribution is 8.15. The molecule has 1 aromatic heterocycles. The van der Waals surface area contributed by atoms with Gasteiger partial charge in [-0.3, -0.25) is 4.79 Å². The molecule has 2 rings (SSSR count). The molecule has 1 heterocycles. The largest absolute Gasteiger partial charge is 0.341 e. The molecule has 106 valence electrons. The summed E-state index contributed by atoms with van der Waals surface area (Å²) in [7, 11) is 3.31. The molecule has 0 aromatic carbocycles. The van der Waals surface area contributed by atoms with Crippen LogP contribution in [0.4, 0.5) is 0 Å². The molecule has 1 aromatic rings. The van der Waals surface area contributed by atoms with Gasteiger partial charge < -0.3 is 4.90 Å². The van der Waals surface area contributed by atoms with Gasteiger partial charge in [0.2, 0.25) is 0 Å². The number of amides is 1. The lowest BCUT2D eigenvalue weighted by atomic mass is 10.2. The number of hydrogen-bond acceptors (Lipinski definition) is 4. The van der Waals surface area contributed by atoms with Gasteiger partial charge in [0.1, 0.15) is 4.21 Å². The number of nitrogens with zero attached hydrogens (tertiary/aromatic N) is 1. The fraction of sp³-hybridized carbons (Fsp3) is 0.583. The first-order valence-electron chi connectivity index (χ1n) is 6.00. The minimum absolute atomic E-state index is 0.0608. The number of carbonyl (C=O) groups is 1. The Morgan fingerprint density at radius 3 is 2.58 bits per heavy atom. The van der Waals surface area contributed by atoms with Crippen molar-refractivity contribution < 1.29 is 13.2 Å². The van der Waals surface area contributed by atoms with Crippen LogP contribution in [-0.4, -0.2) is 32.8 Å². The summed E-state index contributed by atoms with van der Waals surface area (Å²) < 4.78 is 22.7. The quantitative estimate of drug-likeness (QED) is 0.801. The van der Waals surface area contributed by atoms with Crippen LogP contribution in [0, 0.1) is 18.8 Å². The normalized spacial score (nSPS) is 22.3. The molecule has 2 unspecified atom stereocenters. The second-order valence-corrected chi connectivity index (χ2v) is 8.80. The van der Waals surface area contributed by atoms with E-state index in [2.05, 4.69) is 6.92 Å². The van der Waals surface area contributed by atoms with Gasteiger partial charge in [-0.2, -0.15) is 0 Å². The Labute approximate surface area is 121 Å². The van der Waals surface area contributed by atoms with E-state index in [-0.39, 0.29) is 10.1 Å². The number of thiophene rings is 1. The lowest BCUT2D eigenvalue weighted by Gasteiger charge is -2.16. The summed E-state index contributed by atoms with van der Waals surface area (Å²) in [5.74, 6) is 1.11. The monoisotopic (exact) mass is 321 g/mol. The standard InChI is InChI=1S/C12H16ClNO3S2/c1-7-4-9(7)5-14(3)11(15)10-6-18-12(8(10)2)19(13,16)17/h6-7,9H,4-5H2,1-3H3. The van der Waals surface area contributed by atoms with E-state index in [0.29, 0.717) is 23.0 Å². The molecule has 1 fully saturated rings. The molecular formula is C12H16ClNO3S2. The number of halogens is 1. The summed E-state index contributed by atoms with van der Waals surface area (Å²) in [5, 5.41) is 1.57. The molecule has 0 bridgehead atoms. The average molecular weight is 322 g/mol. The molecule has 1 aliphatic rings. The third-order valence-corrected chi connectivity index (χ3v) is 6.88. The first-order chi connectivity index (χ1) is 8.71. The summed E-state index contributed by atoms with van der Waals surface area (Å²) >= 11 is 0.996. The molecule has 0 saturated heterocycles. The van der Waals surface area contributed by atoms with Crippen LogP contribution in [-0.2, 0) is 9.05 Å². The highest BCUT2D eigenvalue weighted by Gasteiger charge is 2.34. The Morgan fingerprint density at radius 1 is 1.58 bits per heavy atom. The summed E-state index contributed by atoms with van der Waals surface area (Å²) in [5.41, 5.74) is 0.876. The summed E-state index contributed by atoms with van der Waals surface area (Å²) in [6.45, 7) is 4.50. The Bertz CT molecular complexity index is 608. The molecule has 0 radical (unpaired) electrons. The van der Waals surface area contributed by atoms with E-state index < -0.39 is 9.05 Å². The van der Waals surface area contributed by atoms with Crippen LogP contribution in [0.3, 0.4) is 0 Å². The zero-order valence-electron chi connectivity index (χ0n) is 11.0. The number of carbonyl (C=O) groups excluding carboxylic acids is 1. The summed E-state index contributed by atoms with van der Waals surface area (Å²) in [4.78, 5) is 13.9. The van der Waals surface area contributed by atoms with Gasteiger partial charge in [0.15, 0.2) is 0 Å². The molecule has 2 atom stereocenters. The van der Waals surface area contributed by atoms with Gasteiger partial charge >= 0.3 is 0 Å². The average Bonchev–Trinajstić information content (AvgIpc) is 2.83. The SMILES string of the molecule is Cc1c(C(=O)N(C)CC2CC2C)csc1S(=O)(=O)Cl. The van der Waals surface area contributed by atoms with Gasteiger partial charge in [-0.25, -0.2) is 8.42 Å². The maximum atomic E-state index is 12.3. The predicted octanol–water partition coefficient (Wildman–Crippen LogP) is 2.71. The molecule has 19 heavy (non-hydrogen) atoms. The van der Waals surface area contributed by atoms with Crippen LogP contribution >= 0.6 is 22.0 Å². The zero-order valence-corrected chi connectivity index (χ0v) is 13.4. The van der Waals surface area contributed by atoms with Crippen molar-refractivity contribution in [3.05, 3.63) is 16.5 Å². The molecule has 0 aliphatic heterocycles. The molecule has 0 spiro atoms. The lowest BCUT2D eigenvalue weighted by Crippen LogP contribution is -2.29. The van der Waals surface area contributed by atoms with Gasteiger partial charge in [-0.05, 0) is 30.7 Å². The van der Waals surface area contributed by atoms with Crippen molar-refractivity contribution in [1.82, 2.24) is 4.90 Å². The third kappa shape index (κ3) is 3.12. The molecule has 1 amide bonds. The minimum atomic E-state index is -3.77. The van der Waals surface area contributed by atoms with Gasteiger partial charge in [-0.1, -0.05) is 6.92 Å². The van der Waals surface area contributed by atoms with Crippen molar-refractivity contribution in [2.45, 2.75) is 24.5 Å². The first kappa shape index (κ1) is 14.8. The molecule has 0 N–H and O–H groups in total. The van der Waals surface area contributed by atoms with Gasteiger partial charge in [0.05, 0.1) is 5.56 Å². The lowest BCUT2D eigenvalue weighted by molar-refractivity contribution is 0.0786. The molecular weight excluding hydrogens is 306 g/mol. The Morgan fingerprint density at radius 2 is 2.16 bits per heavy atom. The van der Waals surface area contributed by atoms with E-state index >= 15 is 0 Å². The third-order valence-electron chi connectivity index (χ3n) is 3.58. The number of hydrogen-bond donors (Lipinski definition) is 0. The Balaban J connectivity index is 2.18. The van der Waals surface area contributed by atoms with Crippen molar-refractivity contribution in [2.75, 3.05) is 13.6 Å². The summed E-state index contributed by atoms with van der Waals surface area (Å²) in [6.07, 6.45) is 1.15. The van der Waals surface area contributed by atoms with E-state index in [1.165, 1.54) is 0 Å². The second-order valence-electron chi connectivity index (χ2n) is 5.16.